The Morgan fingerprint density at radius 2 is 2.24 bits per heavy atom. The van der Waals surface area contributed by atoms with E-state index in [-0.39, 0.29) is 23.9 Å². The van der Waals surface area contributed by atoms with Gasteiger partial charge in [-0.3, -0.25) is 14.9 Å². The monoisotopic (exact) mass is 319 g/mol. The number of ether oxygens (including phenoxy) is 1. The lowest BCUT2D eigenvalue weighted by Crippen LogP contribution is -2.29. The molecule has 118 valence electrons. The van der Waals surface area contributed by atoms with Gasteiger partial charge in [-0.05, 0) is 19.3 Å². The Morgan fingerprint density at radius 1 is 1.52 bits per heavy atom. The summed E-state index contributed by atoms with van der Waals surface area (Å²) in [6.45, 7) is 0. The molecule has 3 atom stereocenters. The van der Waals surface area contributed by atoms with Gasteiger partial charge in [0, 0.05) is 25.2 Å². The standard InChI is InChI=1S/C12H19N2O6P/c1-14(5-3-10(16)13-8-15)11-2-4-12(20-11)6-9(12)7-21(17,18)19/h3,5,8-9,11,17-19H,2,4,6-7H2,1H3/p+1/b5-3-. The first-order valence-corrected chi connectivity index (χ1v) is 8.47. The highest BCUT2D eigenvalue weighted by Crippen LogP contribution is 2.62. The Bertz CT molecular complexity index is 452. The van der Waals surface area contributed by atoms with Crippen molar-refractivity contribution >= 4 is 20.3 Å². The Balaban J connectivity index is 1.83. The Morgan fingerprint density at radius 3 is 2.86 bits per heavy atom. The van der Waals surface area contributed by atoms with Gasteiger partial charge in [0.1, 0.15) is 12.4 Å². The van der Waals surface area contributed by atoms with Crippen LogP contribution < -0.4 is 5.32 Å². The molecule has 2 rings (SSSR count). The zero-order valence-electron chi connectivity index (χ0n) is 11.7. The molecule has 2 fully saturated rings. The predicted octanol–water partition coefficient (Wildman–Crippen LogP) is -0.661. The molecule has 2 aliphatic rings. The molecule has 21 heavy (non-hydrogen) atoms. The van der Waals surface area contributed by atoms with E-state index in [2.05, 4.69) is 0 Å². The van der Waals surface area contributed by atoms with E-state index in [0.717, 1.165) is 12.8 Å². The average Bonchev–Trinajstić information content (AvgIpc) is 2.83. The number of carbonyl (C=O) groups is 2. The van der Waals surface area contributed by atoms with E-state index in [4.69, 9.17) is 19.4 Å². The number of imide groups is 1. The summed E-state index contributed by atoms with van der Waals surface area (Å²) in [7, 11) is -2.00. The van der Waals surface area contributed by atoms with E-state index in [0.29, 0.717) is 12.8 Å². The van der Waals surface area contributed by atoms with Gasteiger partial charge in [-0.15, -0.1) is 0 Å². The fourth-order valence-corrected chi connectivity index (χ4v) is 3.82. The second kappa shape index (κ2) is 5.98. The largest absolute Gasteiger partial charge is 0.404 e. The van der Waals surface area contributed by atoms with Crippen molar-refractivity contribution in [3.63, 3.8) is 0 Å². The second-order valence-corrected chi connectivity index (χ2v) is 7.31. The number of hydrogen-bond acceptors (Lipinski definition) is 7. The zero-order chi connectivity index (χ0) is 15.7. The van der Waals surface area contributed by atoms with Gasteiger partial charge < -0.3 is 9.64 Å². The van der Waals surface area contributed by atoms with Gasteiger partial charge in [-0.25, -0.2) is 0 Å². The van der Waals surface area contributed by atoms with Crippen LogP contribution >= 0.6 is 7.94 Å². The summed E-state index contributed by atoms with van der Waals surface area (Å²) >= 11 is 0. The van der Waals surface area contributed by atoms with Gasteiger partial charge in [-0.2, -0.15) is 14.7 Å². The molecule has 1 aliphatic carbocycles. The van der Waals surface area contributed by atoms with Gasteiger partial charge in [0.25, 0.3) is 5.91 Å². The molecule has 1 aliphatic heterocycles. The summed E-state index contributed by atoms with van der Waals surface area (Å²) < 4.78 is 5.93. The molecular weight excluding hydrogens is 299 g/mol. The van der Waals surface area contributed by atoms with E-state index >= 15 is 0 Å². The van der Waals surface area contributed by atoms with Gasteiger partial charge in [-0.1, -0.05) is 0 Å². The molecule has 1 heterocycles. The number of rotatable bonds is 6. The van der Waals surface area contributed by atoms with Crippen molar-refractivity contribution in [2.24, 2.45) is 5.92 Å². The van der Waals surface area contributed by atoms with Gasteiger partial charge in [0.15, 0.2) is 0 Å². The topological polar surface area (TPSA) is 119 Å². The summed E-state index contributed by atoms with van der Waals surface area (Å²) in [4.78, 5) is 50.3. The number of carbonyl (C=O) groups excluding carboxylic acids is 2. The van der Waals surface area contributed by atoms with Crippen LogP contribution in [0.1, 0.15) is 19.3 Å². The molecule has 0 bridgehead atoms. The molecule has 0 radical (unpaired) electrons. The van der Waals surface area contributed by atoms with Crippen LogP contribution in [0, 0.1) is 5.92 Å². The molecule has 8 nitrogen and oxygen atoms in total. The van der Waals surface area contributed by atoms with Crippen LogP contribution in [0.4, 0.5) is 0 Å². The number of nitrogens with one attached hydrogen (secondary N) is 1. The van der Waals surface area contributed by atoms with Crippen LogP contribution in [0.25, 0.3) is 0 Å². The molecule has 1 saturated carbocycles. The predicted molar refractivity (Wildman–Crippen MR) is 74.5 cm³/mol. The van der Waals surface area contributed by atoms with Gasteiger partial charge in [0.05, 0.1) is 5.60 Å². The number of amides is 2. The summed E-state index contributed by atoms with van der Waals surface area (Å²) in [5, 5.41) is 2.00. The van der Waals surface area contributed by atoms with Crippen molar-refractivity contribution < 1.29 is 29.0 Å². The lowest BCUT2D eigenvalue weighted by Gasteiger charge is -2.23. The third-order valence-electron chi connectivity index (χ3n) is 3.94. The van der Waals surface area contributed by atoms with E-state index < -0.39 is 13.9 Å². The Kier molecular flexibility index (Phi) is 4.65. The zero-order valence-corrected chi connectivity index (χ0v) is 12.6. The van der Waals surface area contributed by atoms with E-state index in [1.54, 1.807) is 11.9 Å². The second-order valence-electron chi connectivity index (χ2n) is 5.56. The minimum Gasteiger partial charge on any atom is -0.355 e. The van der Waals surface area contributed by atoms with Crippen LogP contribution in [-0.4, -0.2) is 56.9 Å². The minimum absolute atomic E-state index is 0.0268. The van der Waals surface area contributed by atoms with Crippen LogP contribution in [0.5, 0.6) is 0 Å². The lowest BCUT2D eigenvalue weighted by molar-refractivity contribution is -0.121. The van der Waals surface area contributed by atoms with Crippen molar-refractivity contribution in [1.29, 1.82) is 0 Å². The molecule has 1 spiro atoms. The first-order valence-electron chi connectivity index (χ1n) is 6.64. The molecule has 4 N–H and O–H groups in total. The van der Waals surface area contributed by atoms with Crippen molar-refractivity contribution in [3.8, 4) is 0 Å². The first-order chi connectivity index (χ1) is 9.76. The highest BCUT2D eigenvalue weighted by atomic mass is 31.2. The van der Waals surface area contributed by atoms with Crippen molar-refractivity contribution in [3.05, 3.63) is 12.3 Å². The van der Waals surface area contributed by atoms with Crippen molar-refractivity contribution in [2.75, 3.05) is 13.2 Å². The maximum absolute atomic E-state index is 11.1. The van der Waals surface area contributed by atoms with Crippen molar-refractivity contribution in [2.45, 2.75) is 31.1 Å². The maximum Gasteiger partial charge on any atom is 0.404 e. The van der Waals surface area contributed by atoms with Gasteiger partial charge in [0.2, 0.25) is 6.41 Å². The fourth-order valence-electron chi connectivity index (χ4n) is 2.77. The van der Waals surface area contributed by atoms with E-state index in [1.807, 2.05) is 5.32 Å². The average molecular weight is 319 g/mol. The van der Waals surface area contributed by atoms with Crippen LogP contribution in [0.3, 0.4) is 0 Å². The lowest BCUT2D eigenvalue weighted by atomic mass is 10.2. The van der Waals surface area contributed by atoms with Crippen molar-refractivity contribution in [1.82, 2.24) is 10.2 Å². The summed E-state index contributed by atoms with van der Waals surface area (Å²) in [6.07, 6.45) is 5.08. The third kappa shape index (κ3) is 4.21. The minimum atomic E-state index is -3.76. The Hall–Kier alpha value is -1.05. The van der Waals surface area contributed by atoms with Crippen LogP contribution in [-0.2, 0) is 14.3 Å². The maximum atomic E-state index is 11.1. The molecule has 0 aromatic carbocycles. The number of nitrogens with zero attached hydrogens (tertiary/aromatic N) is 1. The summed E-state index contributed by atoms with van der Waals surface area (Å²) in [5.41, 5.74) is -0.378. The molecular formula is C12H20N2O6P+. The number of hydrogen-bond donors (Lipinski definition) is 4. The molecule has 0 aromatic heterocycles. The third-order valence-corrected chi connectivity index (χ3v) is 4.87. The smallest absolute Gasteiger partial charge is 0.355 e. The first kappa shape index (κ1) is 16.3. The van der Waals surface area contributed by atoms with Crippen LogP contribution in [0.2, 0.25) is 0 Å². The fraction of sp³-hybridized carbons (Fsp3) is 0.667. The summed E-state index contributed by atoms with van der Waals surface area (Å²) in [6, 6.07) is 0. The highest BCUT2D eigenvalue weighted by Gasteiger charge is 2.63. The Labute approximate surface area is 123 Å². The molecule has 1 saturated heterocycles. The molecule has 2 amide bonds. The molecule has 9 heteroatoms. The summed E-state index contributed by atoms with van der Waals surface area (Å²) in [5.74, 6) is -0.546. The van der Waals surface area contributed by atoms with E-state index in [9.17, 15) is 9.59 Å². The van der Waals surface area contributed by atoms with Crippen LogP contribution in [0.15, 0.2) is 12.3 Å². The SMILES string of the molecule is CN(/C=C\C(=O)NC=O)C1CCC2(CC2C[P+](O)(O)O)O1. The van der Waals surface area contributed by atoms with E-state index in [1.165, 1.54) is 12.3 Å². The molecule has 0 aromatic rings. The van der Waals surface area contributed by atoms with Gasteiger partial charge >= 0.3 is 7.94 Å². The quantitative estimate of drug-likeness (QED) is 0.291. The highest BCUT2D eigenvalue weighted by molar-refractivity contribution is 7.58. The normalized spacial score (nSPS) is 31.6. The molecule has 3 unspecified atom stereocenters.